The highest BCUT2D eigenvalue weighted by Gasteiger charge is 2.13. The molecular weight excluding hydrogens is 171 g/mol. The average Bonchev–Trinajstić information content (AvgIpc) is 2.08. The van der Waals surface area contributed by atoms with Crippen LogP contribution in [0.4, 0.5) is 5.69 Å². The van der Waals surface area contributed by atoms with Crippen LogP contribution in [0.25, 0.3) is 0 Å². The molecular formula is C7H11BN2O3. The molecule has 0 aliphatic rings. The average molecular weight is 182 g/mol. The molecule has 0 bridgehead atoms. The summed E-state index contributed by atoms with van der Waals surface area (Å²) in [7, 11) is -1.82. The van der Waals surface area contributed by atoms with Crippen LogP contribution in [-0.4, -0.2) is 24.0 Å². The fourth-order valence-corrected chi connectivity index (χ4v) is 0.939. The van der Waals surface area contributed by atoms with Gasteiger partial charge in [0.15, 0.2) is 0 Å². The first-order chi connectivity index (χ1) is 6.24. The zero-order valence-corrected chi connectivity index (χ0v) is 6.97. The molecule has 0 radical (unpaired) electrons. The van der Waals surface area contributed by atoms with Crippen LogP contribution in [0.15, 0.2) is 24.3 Å². The summed E-state index contributed by atoms with van der Waals surface area (Å²) in [4.78, 5) is 0. The number of anilines is 1. The molecule has 0 heterocycles. The standard InChI is InChI=1S/C7H11BN2O3/c9-5-10-6-3-1-2-4-7(6)13-8(11)12/h1-4,10-12H,5,9H2. The number of hydrogen-bond donors (Lipinski definition) is 4. The smallest absolute Gasteiger partial charge is 0.510 e. The van der Waals surface area contributed by atoms with E-state index >= 15 is 0 Å². The van der Waals surface area contributed by atoms with E-state index < -0.39 is 7.32 Å². The van der Waals surface area contributed by atoms with Crippen molar-refractivity contribution in [1.29, 1.82) is 0 Å². The Morgan fingerprint density at radius 2 is 2.08 bits per heavy atom. The van der Waals surface area contributed by atoms with Crippen molar-refractivity contribution < 1.29 is 14.7 Å². The van der Waals surface area contributed by atoms with E-state index in [2.05, 4.69) is 5.32 Å². The molecule has 0 saturated carbocycles. The van der Waals surface area contributed by atoms with Crippen LogP contribution in [0.2, 0.25) is 0 Å². The Hall–Kier alpha value is -1.24. The van der Waals surface area contributed by atoms with E-state index in [0.29, 0.717) is 11.4 Å². The molecule has 6 heteroatoms. The predicted molar refractivity (Wildman–Crippen MR) is 49.9 cm³/mol. The molecule has 0 aliphatic heterocycles. The highest BCUT2D eigenvalue weighted by molar-refractivity contribution is 6.33. The van der Waals surface area contributed by atoms with Gasteiger partial charge < -0.3 is 25.8 Å². The van der Waals surface area contributed by atoms with E-state index in [9.17, 15) is 0 Å². The Balaban J connectivity index is 2.78. The van der Waals surface area contributed by atoms with Crippen molar-refractivity contribution in [2.24, 2.45) is 5.73 Å². The number of para-hydroxylation sites is 2. The summed E-state index contributed by atoms with van der Waals surface area (Å²) >= 11 is 0. The number of hydrogen-bond acceptors (Lipinski definition) is 5. The molecule has 70 valence electrons. The van der Waals surface area contributed by atoms with Crippen molar-refractivity contribution in [2.75, 3.05) is 12.0 Å². The molecule has 0 spiro atoms. The molecule has 1 aromatic rings. The van der Waals surface area contributed by atoms with E-state index in [1.54, 1.807) is 24.3 Å². The molecule has 5 nitrogen and oxygen atoms in total. The molecule has 0 aromatic heterocycles. The van der Waals surface area contributed by atoms with Gasteiger partial charge >= 0.3 is 7.32 Å². The summed E-state index contributed by atoms with van der Waals surface area (Å²) in [5.74, 6) is 0.350. The molecule has 1 rings (SSSR count). The van der Waals surface area contributed by atoms with E-state index in [1.165, 1.54) is 0 Å². The largest absolute Gasteiger partial charge is 0.707 e. The fraction of sp³-hybridized carbons (Fsp3) is 0.143. The predicted octanol–water partition coefficient (Wildman–Crippen LogP) is -0.637. The van der Waals surface area contributed by atoms with Gasteiger partial charge in [-0.25, -0.2) is 0 Å². The summed E-state index contributed by atoms with van der Waals surface area (Å²) in [6.07, 6.45) is 0. The van der Waals surface area contributed by atoms with Gasteiger partial charge in [0.2, 0.25) is 0 Å². The summed E-state index contributed by atoms with van der Waals surface area (Å²) < 4.78 is 4.69. The summed E-state index contributed by atoms with van der Waals surface area (Å²) in [6, 6.07) is 6.84. The normalized spacial score (nSPS) is 9.46. The van der Waals surface area contributed by atoms with E-state index in [1.807, 2.05) is 0 Å². The van der Waals surface area contributed by atoms with Gasteiger partial charge in [0, 0.05) is 0 Å². The quantitative estimate of drug-likeness (QED) is 0.367. The van der Waals surface area contributed by atoms with Gasteiger partial charge in [0.1, 0.15) is 5.75 Å². The van der Waals surface area contributed by atoms with Gasteiger partial charge in [0.25, 0.3) is 0 Å². The van der Waals surface area contributed by atoms with E-state index in [-0.39, 0.29) is 6.67 Å². The molecule has 0 saturated heterocycles. The lowest BCUT2D eigenvalue weighted by atomic mass is 10.2. The van der Waals surface area contributed by atoms with Gasteiger partial charge in [-0.15, -0.1) is 0 Å². The van der Waals surface area contributed by atoms with Gasteiger partial charge in [-0.2, -0.15) is 0 Å². The van der Waals surface area contributed by atoms with Crippen LogP contribution >= 0.6 is 0 Å². The zero-order chi connectivity index (χ0) is 9.68. The maximum atomic E-state index is 8.57. The Labute approximate surface area is 76.3 Å². The van der Waals surface area contributed by atoms with Crippen molar-refractivity contribution >= 4 is 13.0 Å². The van der Waals surface area contributed by atoms with Gasteiger partial charge in [0.05, 0.1) is 12.4 Å². The molecule has 0 atom stereocenters. The van der Waals surface area contributed by atoms with Crippen molar-refractivity contribution in [3.05, 3.63) is 24.3 Å². The fourth-order valence-electron chi connectivity index (χ4n) is 0.939. The maximum Gasteiger partial charge on any atom is 0.707 e. The Kier molecular flexibility index (Phi) is 3.57. The van der Waals surface area contributed by atoms with Crippen molar-refractivity contribution in [3.8, 4) is 5.75 Å². The molecule has 0 unspecified atom stereocenters. The summed E-state index contributed by atoms with van der Waals surface area (Å²) in [5, 5.41) is 20.0. The highest BCUT2D eigenvalue weighted by atomic mass is 16.6. The first-order valence-corrected chi connectivity index (χ1v) is 3.80. The molecule has 0 aliphatic carbocycles. The highest BCUT2D eigenvalue weighted by Crippen LogP contribution is 2.22. The summed E-state index contributed by atoms with van der Waals surface area (Å²) in [6.45, 7) is 0.252. The van der Waals surface area contributed by atoms with Crippen LogP contribution in [-0.2, 0) is 0 Å². The van der Waals surface area contributed by atoms with Gasteiger partial charge in [-0.3, -0.25) is 0 Å². The molecule has 5 N–H and O–H groups in total. The Morgan fingerprint density at radius 3 is 2.69 bits per heavy atom. The maximum absolute atomic E-state index is 8.57. The summed E-state index contributed by atoms with van der Waals surface area (Å²) in [5.41, 5.74) is 5.89. The second kappa shape index (κ2) is 4.71. The number of nitrogens with one attached hydrogen (secondary N) is 1. The van der Waals surface area contributed by atoms with E-state index in [4.69, 9.17) is 20.4 Å². The number of rotatable bonds is 4. The molecule has 0 amide bonds. The van der Waals surface area contributed by atoms with Crippen LogP contribution in [0.1, 0.15) is 0 Å². The lowest BCUT2D eigenvalue weighted by Crippen LogP contribution is -2.22. The topological polar surface area (TPSA) is 87.7 Å². The van der Waals surface area contributed by atoms with Crippen LogP contribution in [0.3, 0.4) is 0 Å². The molecule has 1 aromatic carbocycles. The minimum Gasteiger partial charge on any atom is -0.510 e. The minimum atomic E-state index is -1.82. The molecule has 0 fully saturated rings. The SMILES string of the molecule is NCNc1ccccc1OB(O)O. The van der Waals surface area contributed by atoms with Crippen molar-refractivity contribution in [3.63, 3.8) is 0 Å². The first kappa shape index (κ1) is 9.85. The third-order valence-electron chi connectivity index (χ3n) is 1.41. The number of nitrogens with two attached hydrogens (primary N) is 1. The minimum absolute atomic E-state index is 0.252. The van der Waals surface area contributed by atoms with Crippen molar-refractivity contribution in [2.45, 2.75) is 0 Å². The third kappa shape index (κ3) is 2.94. The van der Waals surface area contributed by atoms with Gasteiger partial charge in [-0.1, -0.05) is 12.1 Å². The third-order valence-corrected chi connectivity index (χ3v) is 1.41. The van der Waals surface area contributed by atoms with E-state index in [0.717, 1.165) is 0 Å². The second-order valence-corrected chi connectivity index (χ2v) is 2.32. The van der Waals surface area contributed by atoms with Crippen LogP contribution < -0.4 is 15.7 Å². The zero-order valence-electron chi connectivity index (χ0n) is 6.97. The van der Waals surface area contributed by atoms with Gasteiger partial charge in [-0.05, 0) is 12.1 Å². The van der Waals surface area contributed by atoms with Crippen molar-refractivity contribution in [1.82, 2.24) is 0 Å². The lowest BCUT2D eigenvalue weighted by molar-refractivity contribution is 0.288. The van der Waals surface area contributed by atoms with Crippen LogP contribution in [0, 0.1) is 0 Å². The molecule has 13 heavy (non-hydrogen) atoms. The second-order valence-electron chi connectivity index (χ2n) is 2.32. The Bertz CT molecular complexity index is 270. The monoisotopic (exact) mass is 182 g/mol. The lowest BCUT2D eigenvalue weighted by Gasteiger charge is -2.10. The number of benzene rings is 1. The first-order valence-electron chi connectivity index (χ1n) is 3.80. The Morgan fingerprint density at radius 1 is 1.38 bits per heavy atom. The van der Waals surface area contributed by atoms with Crippen LogP contribution in [0.5, 0.6) is 5.75 Å².